The molecule has 0 spiro atoms. The summed E-state index contributed by atoms with van der Waals surface area (Å²) in [5.41, 5.74) is 10.6. The molecule has 0 aliphatic rings. The van der Waals surface area contributed by atoms with Crippen LogP contribution in [0.2, 0.25) is 0 Å². The van der Waals surface area contributed by atoms with Crippen LogP contribution in [0.25, 0.3) is 11.1 Å². The maximum atomic E-state index is 4.06. The molecule has 0 unspecified atom stereocenters. The van der Waals surface area contributed by atoms with Crippen molar-refractivity contribution in [1.82, 2.24) is 0 Å². The number of benzene rings is 6. The normalized spacial score (nSPS) is 11.2. The molecular formula is C44H42N2. The van der Waals surface area contributed by atoms with E-state index < -0.39 is 0 Å². The van der Waals surface area contributed by atoms with Crippen molar-refractivity contribution in [1.29, 1.82) is 0 Å². The predicted molar refractivity (Wildman–Crippen MR) is 198 cm³/mol. The molecule has 0 N–H and O–H groups in total. The van der Waals surface area contributed by atoms with Crippen molar-refractivity contribution >= 4 is 34.1 Å². The third-order valence-corrected chi connectivity index (χ3v) is 9.23. The average Bonchev–Trinajstić information content (AvgIpc) is 3.13. The van der Waals surface area contributed by atoms with E-state index in [0.717, 1.165) is 53.4 Å². The summed E-state index contributed by atoms with van der Waals surface area (Å²) < 4.78 is 0. The Morgan fingerprint density at radius 3 is 1.33 bits per heavy atom. The summed E-state index contributed by atoms with van der Waals surface area (Å²) in [6.45, 7) is 8.63. The zero-order valence-corrected chi connectivity index (χ0v) is 26.9. The second kappa shape index (κ2) is 14.2. The van der Waals surface area contributed by atoms with Crippen molar-refractivity contribution in [3.05, 3.63) is 182 Å². The van der Waals surface area contributed by atoms with Gasteiger partial charge in [-0.2, -0.15) is 0 Å². The second-order valence-corrected chi connectivity index (χ2v) is 11.8. The molecule has 6 aromatic rings. The number of hydrogen-bond donors (Lipinski definition) is 0. The van der Waals surface area contributed by atoms with Gasteiger partial charge in [0.15, 0.2) is 0 Å². The summed E-state index contributed by atoms with van der Waals surface area (Å²) in [5.74, 6) is 0. The van der Waals surface area contributed by atoms with Crippen molar-refractivity contribution in [3.63, 3.8) is 0 Å². The molecule has 0 aromatic heterocycles. The fraction of sp³-hybridized carbons (Fsp3) is 0.136. The Balaban J connectivity index is 1.35. The molecule has 46 heavy (non-hydrogen) atoms. The Kier molecular flexibility index (Phi) is 9.45. The quantitative estimate of drug-likeness (QED) is 0.129. The minimum absolute atomic E-state index is 0.126. The summed E-state index contributed by atoms with van der Waals surface area (Å²) in [6, 6.07) is 58.6. The Hall–Kier alpha value is -5.34. The first-order valence-corrected chi connectivity index (χ1v) is 16.3. The first kappa shape index (κ1) is 30.7. The summed E-state index contributed by atoms with van der Waals surface area (Å²) in [4.78, 5) is 4.64. The van der Waals surface area contributed by atoms with Gasteiger partial charge in [0.2, 0.25) is 0 Å². The lowest BCUT2D eigenvalue weighted by atomic mass is 9.73. The van der Waals surface area contributed by atoms with Gasteiger partial charge in [-0.05, 0) is 114 Å². The molecule has 0 aliphatic heterocycles. The van der Waals surface area contributed by atoms with Gasteiger partial charge in [-0.1, -0.05) is 111 Å². The van der Waals surface area contributed by atoms with Crippen LogP contribution in [-0.4, -0.2) is 0 Å². The van der Waals surface area contributed by atoms with Gasteiger partial charge in [0.1, 0.15) is 0 Å². The van der Waals surface area contributed by atoms with Gasteiger partial charge >= 0.3 is 0 Å². The van der Waals surface area contributed by atoms with Gasteiger partial charge in [-0.15, -0.1) is 6.58 Å². The molecule has 0 atom stereocenters. The van der Waals surface area contributed by atoms with Gasteiger partial charge < -0.3 is 9.80 Å². The number of allylic oxidation sites excluding steroid dienone is 1. The monoisotopic (exact) mass is 598 g/mol. The number of rotatable bonds is 12. The standard InChI is InChI=1S/C44H42N2/c1-4-33-44(5-2,6-3)37-27-31-42(32-28-37)46(40-22-14-9-15-23-40)43-24-16-17-36(34-43)35-25-29-41(30-26-35)45(38-18-10-7-11-19-38)39-20-12-8-13-21-39/h4,7-32,34H,1,5-6,33H2,2-3H3. The van der Waals surface area contributed by atoms with Crippen molar-refractivity contribution < 1.29 is 0 Å². The third kappa shape index (κ3) is 6.39. The first-order valence-electron chi connectivity index (χ1n) is 16.3. The number of anilines is 6. The highest BCUT2D eigenvalue weighted by atomic mass is 15.1. The van der Waals surface area contributed by atoms with Gasteiger partial charge in [0.25, 0.3) is 0 Å². The van der Waals surface area contributed by atoms with Crippen LogP contribution in [0.3, 0.4) is 0 Å². The Bertz CT molecular complexity index is 1780. The third-order valence-electron chi connectivity index (χ3n) is 9.23. The highest BCUT2D eigenvalue weighted by Gasteiger charge is 2.27. The molecule has 0 heterocycles. The van der Waals surface area contributed by atoms with E-state index in [2.05, 4.69) is 200 Å². The van der Waals surface area contributed by atoms with Crippen molar-refractivity contribution in [2.75, 3.05) is 9.80 Å². The maximum Gasteiger partial charge on any atom is 0.0467 e. The second-order valence-electron chi connectivity index (χ2n) is 11.8. The van der Waals surface area contributed by atoms with Crippen LogP contribution in [0.5, 0.6) is 0 Å². The van der Waals surface area contributed by atoms with Crippen LogP contribution in [0.15, 0.2) is 176 Å². The Labute approximate surface area is 274 Å². The van der Waals surface area contributed by atoms with Gasteiger partial charge in [-0.25, -0.2) is 0 Å². The molecular weight excluding hydrogens is 556 g/mol. The van der Waals surface area contributed by atoms with Crippen LogP contribution in [0.1, 0.15) is 38.7 Å². The summed E-state index contributed by atoms with van der Waals surface area (Å²) >= 11 is 0. The van der Waals surface area contributed by atoms with E-state index in [1.165, 1.54) is 16.7 Å². The van der Waals surface area contributed by atoms with Crippen LogP contribution >= 0.6 is 0 Å². The Morgan fingerprint density at radius 2 is 0.870 bits per heavy atom. The fourth-order valence-electron chi connectivity index (χ4n) is 6.56. The maximum absolute atomic E-state index is 4.06. The summed E-state index contributed by atoms with van der Waals surface area (Å²) in [6.07, 6.45) is 5.23. The number of hydrogen-bond acceptors (Lipinski definition) is 2. The molecule has 0 saturated heterocycles. The van der Waals surface area contributed by atoms with Crippen molar-refractivity contribution in [2.45, 2.75) is 38.5 Å². The van der Waals surface area contributed by atoms with Crippen LogP contribution in [0.4, 0.5) is 34.1 Å². The number of para-hydroxylation sites is 3. The minimum atomic E-state index is 0.126. The predicted octanol–water partition coefficient (Wildman–Crippen LogP) is 12.9. The van der Waals surface area contributed by atoms with Crippen LogP contribution in [0, 0.1) is 0 Å². The summed E-state index contributed by atoms with van der Waals surface area (Å²) in [7, 11) is 0. The van der Waals surface area contributed by atoms with Crippen LogP contribution < -0.4 is 9.80 Å². The van der Waals surface area contributed by atoms with E-state index in [-0.39, 0.29) is 5.41 Å². The smallest absolute Gasteiger partial charge is 0.0467 e. The molecule has 2 nitrogen and oxygen atoms in total. The Morgan fingerprint density at radius 1 is 0.457 bits per heavy atom. The molecule has 228 valence electrons. The molecule has 0 fully saturated rings. The van der Waals surface area contributed by atoms with E-state index >= 15 is 0 Å². The SMILES string of the molecule is C=CCC(CC)(CC)c1ccc(N(c2ccccc2)c2cccc(-c3ccc(N(c4ccccc4)c4ccccc4)cc3)c2)cc1. The average molecular weight is 599 g/mol. The van der Waals surface area contributed by atoms with Crippen LogP contribution in [-0.2, 0) is 5.41 Å². The van der Waals surface area contributed by atoms with E-state index in [1.807, 2.05) is 0 Å². The lowest BCUT2D eigenvalue weighted by Gasteiger charge is -2.32. The van der Waals surface area contributed by atoms with E-state index in [9.17, 15) is 0 Å². The van der Waals surface area contributed by atoms with Crippen molar-refractivity contribution in [2.24, 2.45) is 0 Å². The molecule has 0 radical (unpaired) electrons. The first-order chi connectivity index (χ1) is 22.7. The lowest BCUT2D eigenvalue weighted by Crippen LogP contribution is -2.23. The summed E-state index contributed by atoms with van der Waals surface area (Å²) in [5, 5.41) is 0. The molecule has 6 aromatic carbocycles. The van der Waals surface area contributed by atoms with Crippen molar-refractivity contribution in [3.8, 4) is 11.1 Å². The minimum Gasteiger partial charge on any atom is -0.311 e. The molecule has 0 saturated carbocycles. The van der Waals surface area contributed by atoms with E-state index in [4.69, 9.17) is 0 Å². The van der Waals surface area contributed by atoms with E-state index in [1.54, 1.807) is 0 Å². The van der Waals surface area contributed by atoms with Gasteiger partial charge in [0.05, 0.1) is 0 Å². The fourth-order valence-corrected chi connectivity index (χ4v) is 6.56. The molecule has 0 amide bonds. The van der Waals surface area contributed by atoms with Gasteiger partial charge in [-0.3, -0.25) is 0 Å². The molecule has 0 bridgehead atoms. The molecule has 0 aliphatic carbocycles. The zero-order chi connectivity index (χ0) is 31.8. The number of nitrogens with zero attached hydrogens (tertiary/aromatic N) is 2. The highest BCUT2D eigenvalue weighted by molar-refractivity contribution is 5.82. The van der Waals surface area contributed by atoms with E-state index in [0.29, 0.717) is 0 Å². The lowest BCUT2D eigenvalue weighted by molar-refractivity contribution is 0.400. The largest absolute Gasteiger partial charge is 0.311 e. The van der Waals surface area contributed by atoms with Gasteiger partial charge in [0, 0.05) is 34.1 Å². The molecule has 6 rings (SSSR count). The zero-order valence-electron chi connectivity index (χ0n) is 26.9. The highest BCUT2D eigenvalue weighted by Crippen LogP contribution is 2.41. The topological polar surface area (TPSA) is 6.48 Å². The molecule has 2 heteroatoms.